The van der Waals surface area contributed by atoms with Crippen LogP contribution in [0.1, 0.15) is 6.92 Å². The lowest BCUT2D eigenvalue weighted by atomic mass is 10.4. The smallest absolute Gasteiger partial charge is 0.330 e. The second kappa shape index (κ2) is 4.99. The second-order valence-electron chi connectivity index (χ2n) is 2.94. The first-order valence-corrected chi connectivity index (χ1v) is 4.24. The van der Waals surface area contributed by atoms with E-state index in [1.807, 2.05) is 0 Å². The van der Waals surface area contributed by atoms with Crippen molar-refractivity contribution >= 4 is 5.97 Å². The maximum absolute atomic E-state index is 10.7. The topological polar surface area (TPSA) is 48.1 Å². The van der Waals surface area contributed by atoms with E-state index in [4.69, 9.17) is 14.2 Å². The van der Waals surface area contributed by atoms with Crippen LogP contribution in [0.2, 0.25) is 0 Å². The molecule has 2 unspecified atom stereocenters. The maximum atomic E-state index is 10.7. The van der Waals surface area contributed by atoms with Crippen LogP contribution in [-0.2, 0) is 19.0 Å². The Morgan fingerprint density at radius 3 is 3.08 bits per heavy atom. The molecule has 4 nitrogen and oxygen atoms in total. The molecule has 1 saturated heterocycles. The molecule has 0 aliphatic carbocycles. The van der Waals surface area contributed by atoms with Crippen LogP contribution in [0.25, 0.3) is 0 Å². The van der Waals surface area contributed by atoms with Crippen molar-refractivity contribution in [3.8, 4) is 0 Å². The minimum Gasteiger partial charge on any atom is -0.457 e. The third kappa shape index (κ3) is 4.65. The van der Waals surface area contributed by atoms with E-state index in [0.717, 1.165) is 12.7 Å². The van der Waals surface area contributed by atoms with Crippen molar-refractivity contribution in [1.29, 1.82) is 0 Å². The molecule has 0 spiro atoms. The average Bonchev–Trinajstić information content (AvgIpc) is 2.88. The molecule has 1 rings (SSSR count). The first kappa shape index (κ1) is 10.2. The van der Waals surface area contributed by atoms with Gasteiger partial charge in [-0.1, -0.05) is 6.58 Å². The Morgan fingerprint density at radius 1 is 1.85 bits per heavy atom. The molecular weight excluding hydrogens is 172 g/mol. The van der Waals surface area contributed by atoms with E-state index in [2.05, 4.69) is 6.58 Å². The molecule has 1 fully saturated rings. The van der Waals surface area contributed by atoms with Gasteiger partial charge in [-0.25, -0.2) is 4.79 Å². The van der Waals surface area contributed by atoms with Crippen molar-refractivity contribution in [2.75, 3.05) is 19.8 Å². The molecule has 0 bridgehead atoms. The number of rotatable bonds is 6. The quantitative estimate of drug-likeness (QED) is 0.344. The van der Waals surface area contributed by atoms with Crippen molar-refractivity contribution in [3.63, 3.8) is 0 Å². The average molecular weight is 186 g/mol. The zero-order valence-electron chi connectivity index (χ0n) is 7.69. The van der Waals surface area contributed by atoms with Gasteiger partial charge in [-0.05, 0) is 6.92 Å². The van der Waals surface area contributed by atoms with Gasteiger partial charge in [-0.3, -0.25) is 0 Å². The fourth-order valence-corrected chi connectivity index (χ4v) is 0.810. The van der Waals surface area contributed by atoms with Crippen LogP contribution >= 0.6 is 0 Å². The highest BCUT2D eigenvalue weighted by atomic mass is 16.6. The highest BCUT2D eigenvalue weighted by molar-refractivity contribution is 5.81. The van der Waals surface area contributed by atoms with Crippen molar-refractivity contribution in [1.82, 2.24) is 0 Å². The summed E-state index contributed by atoms with van der Waals surface area (Å²) in [5, 5.41) is 0. The Kier molecular flexibility index (Phi) is 3.92. The molecule has 0 saturated carbocycles. The molecule has 2 atom stereocenters. The molecular formula is C9H14O4. The van der Waals surface area contributed by atoms with E-state index in [0.29, 0.717) is 13.2 Å². The third-order valence-corrected chi connectivity index (χ3v) is 1.54. The molecule has 0 aromatic heterocycles. The first-order chi connectivity index (χ1) is 6.22. The summed E-state index contributed by atoms with van der Waals surface area (Å²) in [5.41, 5.74) is 0. The van der Waals surface area contributed by atoms with E-state index < -0.39 is 5.97 Å². The maximum Gasteiger partial charge on any atom is 0.330 e. The van der Waals surface area contributed by atoms with E-state index in [1.54, 1.807) is 6.92 Å². The SMILES string of the molecule is C=CC(=O)OC(C)COCC1CO1. The Balaban J connectivity index is 1.98. The monoisotopic (exact) mass is 186 g/mol. The first-order valence-electron chi connectivity index (χ1n) is 4.24. The number of epoxide rings is 1. The van der Waals surface area contributed by atoms with Crippen LogP contribution in [0.4, 0.5) is 0 Å². The normalized spacial score (nSPS) is 22.1. The van der Waals surface area contributed by atoms with Crippen LogP contribution in [0.15, 0.2) is 12.7 Å². The lowest BCUT2D eigenvalue weighted by Crippen LogP contribution is -2.20. The Labute approximate surface area is 77.5 Å². The Morgan fingerprint density at radius 2 is 2.54 bits per heavy atom. The summed E-state index contributed by atoms with van der Waals surface area (Å²) in [5.74, 6) is -0.418. The van der Waals surface area contributed by atoms with E-state index in [-0.39, 0.29) is 12.2 Å². The fraction of sp³-hybridized carbons (Fsp3) is 0.667. The van der Waals surface area contributed by atoms with Gasteiger partial charge < -0.3 is 14.2 Å². The summed E-state index contributed by atoms with van der Waals surface area (Å²) in [6, 6.07) is 0. The molecule has 1 aliphatic rings. The van der Waals surface area contributed by atoms with Gasteiger partial charge in [0.25, 0.3) is 0 Å². The zero-order chi connectivity index (χ0) is 9.68. The lowest BCUT2D eigenvalue weighted by Gasteiger charge is -2.11. The van der Waals surface area contributed by atoms with Crippen LogP contribution in [-0.4, -0.2) is 38.0 Å². The number of hydrogen-bond donors (Lipinski definition) is 0. The summed E-state index contributed by atoms with van der Waals surface area (Å²) < 4.78 is 15.1. The van der Waals surface area contributed by atoms with Crippen molar-refractivity contribution < 1.29 is 19.0 Å². The van der Waals surface area contributed by atoms with Gasteiger partial charge in [-0.15, -0.1) is 0 Å². The summed E-state index contributed by atoms with van der Waals surface area (Å²) in [6.45, 7) is 6.83. The number of carbonyl (C=O) groups excluding carboxylic acids is 1. The van der Waals surface area contributed by atoms with Crippen LogP contribution in [0.3, 0.4) is 0 Å². The molecule has 4 heteroatoms. The molecule has 13 heavy (non-hydrogen) atoms. The van der Waals surface area contributed by atoms with Crippen LogP contribution in [0.5, 0.6) is 0 Å². The third-order valence-electron chi connectivity index (χ3n) is 1.54. The summed E-state index contributed by atoms with van der Waals surface area (Å²) in [6.07, 6.45) is 1.16. The van der Waals surface area contributed by atoms with Crippen LogP contribution < -0.4 is 0 Å². The van der Waals surface area contributed by atoms with Gasteiger partial charge >= 0.3 is 5.97 Å². The van der Waals surface area contributed by atoms with Gasteiger partial charge in [0.1, 0.15) is 12.2 Å². The van der Waals surface area contributed by atoms with Crippen molar-refractivity contribution in [2.24, 2.45) is 0 Å². The number of hydrogen-bond acceptors (Lipinski definition) is 4. The Hall–Kier alpha value is -0.870. The van der Waals surface area contributed by atoms with Gasteiger partial charge in [-0.2, -0.15) is 0 Å². The molecule has 1 aliphatic heterocycles. The van der Waals surface area contributed by atoms with E-state index in [9.17, 15) is 4.79 Å². The number of ether oxygens (including phenoxy) is 3. The standard InChI is InChI=1S/C9H14O4/c1-3-9(10)13-7(2)4-11-5-8-6-12-8/h3,7-8H,1,4-6H2,2H3. The largest absolute Gasteiger partial charge is 0.457 e. The lowest BCUT2D eigenvalue weighted by molar-refractivity contribution is -0.144. The minimum absolute atomic E-state index is 0.232. The van der Waals surface area contributed by atoms with Gasteiger partial charge in [0.15, 0.2) is 0 Å². The van der Waals surface area contributed by atoms with E-state index >= 15 is 0 Å². The van der Waals surface area contributed by atoms with Gasteiger partial charge in [0, 0.05) is 6.08 Å². The fourth-order valence-electron chi connectivity index (χ4n) is 0.810. The van der Waals surface area contributed by atoms with E-state index in [1.165, 1.54) is 0 Å². The highest BCUT2D eigenvalue weighted by Gasteiger charge is 2.22. The summed E-state index contributed by atoms with van der Waals surface area (Å²) in [4.78, 5) is 10.7. The summed E-state index contributed by atoms with van der Waals surface area (Å²) >= 11 is 0. The molecule has 0 amide bonds. The minimum atomic E-state index is -0.418. The van der Waals surface area contributed by atoms with Gasteiger partial charge in [0.2, 0.25) is 0 Å². The zero-order valence-corrected chi connectivity index (χ0v) is 7.69. The number of esters is 1. The van der Waals surface area contributed by atoms with Crippen molar-refractivity contribution in [2.45, 2.75) is 19.1 Å². The highest BCUT2D eigenvalue weighted by Crippen LogP contribution is 2.08. The molecule has 74 valence electrons. The molecule has 0 radical (unpaired) electrons. The second-order valence-corrected chi connectivity index (χ2v) is 2.94. The molecule has 1 heterocycles. The van der Waals surface area contributed by atoms with Gasteiger partial charge in [0.05, 0.1) is 19.8 Å². The predicted octanol–water partition coefficient (Wildman–Crippen LogP) is 0.519. The summed E-state index contributed by atoms with van der Waals surface area (Å²) in [7, 11) is 0. The molecule has 0 N–H and O–H groups in total. The molecule has 0 aromatic rings. The predicted molar refractivity (Wildman–Crippen MR) is 46.3 cm³/mol. The Bertz CT molecular complexity index is 186. The van der Waals surface area contributed by atoms with Crippen molar-refractivity contribution in [3.05, 3.63) is 12.7 Å². The molecule has 0 aromatic carbocycles. The van der Waals surface area contributed by atoms with Crippen LogP contribution in [0, 0.1) is 0 Å². The number of carbonyl (C=O) groups is 1.